The molecule has 1 atom stereocenters. The van der Waals surface area contributed by atoms with Gasteiger partial charge in [-0.3, -0.25) is 19.5 Å². The van der Waals surface area contributed by atoms with E-state index in [-0.39, 0.29) is 24.5 Å². The molecule has 3 aromatic carbocycles. The molecule has 0 radical (unpaired) electrons. The number of halogens is 1. The highest BCUT2D eigenvalue weighted by Crippen LogP contribution is 2.31. The third-order valence-corrected chi connectivity index (χ3v) is 7.96. The number of ether oxygens (including phenoxy) is 2. The van der Waals surface area contributed by atoms with Gasteiger partial charge in [0, 0.05) is 22.2 Å². The van der Waals surface area contributed by atoms with E-state index in [2.05, 4.69) is 20.9 Å². The summed E-state index contributed by atoms with van der Waals surface area (Å²) in [5.74, 6) is 0.0329. The first-order valence-electron chi connectivity index (χ1n) is 12.7. The molecular weight excluding hydrogens is 610 g/mol. The zero-order valence-corrected chi connectivity index (χ0v) is 24.5. The van der Waals surface area contributed by atoms with Crippen molar-refractivity contribution in [2.24, 2.45) is 4.99 Å². The van der Waals surface area contributed by atoms with Gasteiger partial charge in [-0.15, -0.1) is 0 Å². The number of nitro groups is 1. The molecule has 9 nitrogen and oxygen atoms in total. The van der Waals surface area contributed by atoms with Crippen LogP contribution in [-0.2, 0) is 16.1 Å². The predicted molar refractivity (Wildman–Crippen MR) is 158 cm³/mol. The largest absolute Gasteiger partial charge is 0.488 e. The van der Waals surface area contributed by atoms with Crippen molar-refractivity contribution in [3.8, 4) is 5.75 Å². The molecule has 0 N–H and O–H groups in total. The van der Waals surface area contributed by atoms with Crippen LogP contribution >= 0.6 is 27.3 Å². The van der Waals surface area contributed by atoms with Crippen molar-refractivity contribution >= 4 is 45.0 Å². The topological polar surface area (TPSA) is 113 Å². The van der Waals surface area contributed by atoms with E-state index >= 15 is 0 Å². The van der Waals surface area contributed by atoms with E-state index in [1.54, 1.807) is 42.7 Å². The van der Waals surface area contributed by atoms with Gasteiger partial charge in [0.2, 0.25) is 0 Å². The van der Waals surface area contributed by atoms with Gasteiger partial charge in [-0.1, -0.05) is 57.6 Å². The highest BCUT2D eigenvalue weighted by atomic mass is 79.9. The molecule has 0 aliphatic carbocycles. The van der Waals surface area contributed by atoms with Gasteiger partial charge in [0.05, 0.1) is 33.4 Å². The summed E-state index contributed by atoms with van der Waals surface area (Å²) in [6.45, 7) is 3.87. The molecule has 208 valence electrons. The average Bonchev–Trinajstić information content (AvgIpc) is 3.26. The fourth-order valence-corrected chi connectivity index (χ4v) is 5.80. The molecular formula is C30H24BrN3O6S. The van der Waals surface area contributed by atoms with Crippen LogP contribution < -0.4 is 19.6 Å². The Morgan fingerprint density at radius 2 is 1.83 bits per heavy atom. The van der Waals surface area contributed by atoms with Crippen molar-refractivity contribution in [1.82, 2.24) is 4.57 Å². The smallest absolute Gasteiger partial charge is 0.338 e. The minimum absolute atomic E-state index is 0.00678. The van der Waals surface area contributed by atoms with E-state index in [0.29, 0.717) is 31.9 Å². The predicted octanol–water partition coefficient (Wildman–Crippen LogP) is 5.05. The number of hydrogen-bond acceptors (Lipinski definition) is 8. The summed E-state index contributed by atoms with van der Waals surface area (Å²) in [4.78, 5) is 42.5. The van der Waals surface area contributed by atoms with Crippen molar-refractivity contribution < 1.29 is 19.2 Å². The summed E-state index contributed by atoms with van der Waals surface area (Å²) < 4.78 is 14.2. The Bertz CT molecular complexity index is 1840. The molecule has 0 spiro atoms. The van der Waals surface area contributed by atoms with E-state index in [1.165, 1.54) is 23.5 Å². The molecule has 0 saturated heterocycles. The first-order valence-corrected chi connectivity index (χ1v) is 14.3. The van der Waals surface area contributed by atoms with Gasteiger partial charge >= 0.3 is 5.97 Å². The van der Waals surface area contributed by atoms with E-state index in [9.17, 15) is 19.7 Å². The Balaban J connectivity index is 1.55. The molecule has 1 aromatic heterocycles. The molecule has 5 rings (SSSR count). The van der Waals surface area contributed by atoms with Crippen molar-refractivity contribution in [2.45, 2.75) is 26.5 Å². The number of esters is 1. The van der Waals surface area contributed by atoms with E-state index < -0.39 is 16.9 Å². The first kappa shape index (κ1) is 28.2. The molecule has 1 aliphatic rings. The van der Waals surface area contributed by atoms with Crippen LogP contribution in [0.1, 0.15) is 36.6 Å². The lowest BCUT2D eigenvalue weighted by atomic mass is 9.96. The fourth-order valence-electron chi connectivity index (χ4n) is 4.50. The third-order valence-electron chi connectivity index (χ3n) is 6.45. The quantitative estimate of drug-likeness (QED) is 0.152. The molecule has 1 aliphatic heterocycles. The minimum Gasteiger partial charge on any atom is -0.488 e. The molecule has 41 heavy (non-hydrogen) atoms. The maximum absolute atomic E-state index is 13.9. The number of nitrogens with zero attached hydrogens (tertiary/aromatic N) is 3. The summed E-state index contributed by atoms with van der Waals surface area (Å²) in [6, 6.07) is 20.2. The zero-order valence-electron chi connectivity index (χ0n) is 22.1. The molecule has 2 heterocycles. The second kappa shape index (κ2) is 12.0. The van der Waals surface area contributed by atoms with Crippen molar-refractivity contribution in [1.29, 1.82) is 0 Å². The first-order chi connectivity index (χ1) is 19.8. The Kier molecular flexibility index (Phi) is 8.27. The number of allylic oxidation sites excluding steroid dienone is 1. The average molecular weight is 635 g/mol. The normalized spacial score (nSPS) is 14.8. The standard InChI is InChI=1S/C30H24BrN3O6S/c1-3-39-29(36)26-18(2)32-30-33(27(26)20-10-12-22(31)13-11-20)28(35)25(41-30)16-21-6-4-5-7-24(21)40-17-19-8-14-23(15-9-19)34(37)38/h4-16,27H,3,17H2,1-2H3/b25-16-/t27-/m0/s1. The van der Waals surface area contributed by atoms with Crippen LogP contribution in [0.4, 0.5) is 5.69 Å². The maximum Gasteiger partial charge on any atom is 0.338 e. The summed E-state index contributed by atoms with van der Waals surface area (Å²) >= 11 is 4.68. The highest BCUT2D eigenvalue weighted by molar-refractivity contribution is 9.10. The van der Waals surface area contributed by atoms with Gasteiger partial charge in [0.25, 0.3) is 11.2 Å². The number of carbonyl (C=O) groups excluding carboxylic acids is 1. The van der Waals surface area contributed by atoms with E-state index in [0.717, 1.165) is 15.6 Å². The number of thiazole rings is 1. The second-order valence-electron chi connectivity index (χ2n) is 9.10. The van der Waals surface area contributed by atoms with Gasteiger partial charge < -0.3 is 9.47 Å². The van der Waals surface area contributed by atoms with E-state index in [4.69, 9.17) is 9.47 Å². The third kappa shape index (κ3) is 5.91. The van der Waals surface area contributed by atoms with Crippen LogP contribution in [0.2, 0.25) is 0 Å². The van der Waals surface area contributed by atoms with Crippen molar-refractivity contribution in [2.75, 3.05) is 6.61 Å². The number of para-hydroxylation sites is 1. The van der Waals surface area contributed by atoms with Crippen LogP contribution in [0.15, 0.2) is 98.3 Å². The number of hydrogen-bond donors (Lipinski definition) is 0. The molecule has 4 aromatic rings. The van der Waals surface area contributed by atoms with Crippen molar-refractivity contribution in [3.05, 3.63) is 135 Å². The number of non-ortho nitro benzene ring substituents is 1. The van der Waals surface area contributed by atoms with Gasteiger partial charge in [-0.25, -0.2) is 9.79 Å². The van der Waals surface area contributed by atoms with Gasteiger partial charge in [0.1, 0.15) is 12.4 Å². The molecule has 0 saturated carbocycles. The van der Waals surface area contributed by atoms with Crippen LogP contribution in [-0.4, -0.2) is 22.1 Å². The van der Waals surface area contributed by atoms with Gasteiger partial charge in [-0.05, 0) is 61.4 Å². The van der Waals surface area contributed by atoms with Gasteiger partial charge in [-0.2, -0.15) is 0 Å². The van der Waals surface area contributed by atoms with Crippen LogP contribution in [0.25, 0.3) is 6.08 Å². The summed E-state index contributed by atoms with van der Waals surface area (Å²) in [5, 5.41) is 10.9. The Morgan fingerprint density at radius 1 is 1.12 bits per heavy atom. The molecule has 0 fully saturated rings. The van der Waals surface area contributed by atoms with E-state index in [1.807, 2.05) is 42.5 Å². The summed E-state index contributed by atoms with van der Waals surface area (Å²) in [6.07, 6.45) is 1.75. The molecule has 11 heteroatoms. The lowest BCUT2D eigenvalue weighted by Crippen LogP contribution is -2.39. The van der Waals surface area contributed by atoms with Crippen LogP contribution in [0, 0.1) is 10.1 Å². The number of aromatic nitrogens is 1. The molecule has 0 unspecified atom stereocenters. The number of carbonyl (C=O) groups is 1. The maximum atomic E-state index is 13.9. The number of fused-ring (bicyclic) bond motifs is 1. The van der Waals surface area contributed by atoms with Crippen LogP contribution in [0.5, 0.6) is 5.75 Å². The molecule has 0 amide bonds. The molecule has 0 bridgehead atoms. The summed E-state index contributed by atoms with van der Waals surface area (Å²) in [5.41, 5.74) is 2.73. The Morgan fingerprint density at radius 3 is 2.51 bits per heavy atom. The second-order valence-corrected chi connectivity index (χ2v) is 11.0. The number of nitro benzene ring substituents is 1. The SMILES string of the molecule is CCOC(=O)C1=C(C)N=c2s/c(=C\c3ccccc3OCc3ccc([N+](=O)[O-])cc3)c(=O)n2[C@H]1c1ccc(Br)cc1. The highest BCUT2D eigenvalue weighted by Gasteiger charge is 2.33. The summed E-state index contributed by atoms with van der Waals surface area (Å²) in [7, 11) is 0. The lowest BCUT2D eigenvalue weighted by Gasteiger charge is -2.24. The van der Waals surface area contributed by atoms with Gasteiger partial charge in [0.15, 0.2) is 4.80 Å². The lowest BCUT2D eigenvalue weighted by molar-refractivity contribution is -0.384. The number of benzene rings is 3. The van der Waals surface area contributed by atoms with Crippen molar-refractivity contribution in [3.63, 3.8) is 0 Å². The fraction of sp³-hybridized carbons (Fsp3) is 0.167. The zero-order chi connectivity index (χ0) is 29.1. The Labute approximate surface area is 247 Å². The monoisotopic (exact) mass is 633 g/mol. The van der Waals surface area contributed by atoms with Crippen LogP contribution in [0.3, 0.4) is 0 Å². The Hall–Kier alpha value is -4.35. The minimum atomic E-state index is -0.700. The number of rotatable bonds is 8.